The molecule has 0 spiro atoms. The second kappa shape index (κ2) is 5.07. The number of halogens is 1. The number of ether oxygens (including phenoxy) is 1. The number of carbonyl (C=O) groups is 2. The Labute approximate surface area is 96.6 Å². The molecule has 0 saturated carbocycles. The van der Waals surface area contributed by atoms with Gasteiger partial charge < -0.3 is 4.74 Å². The quantitative estimate of drug-likeness (QED) is 0.624. The van der Waals surface area contributed by atoms with Crippen molar-refractivity contribution < 1.29 is 14.3 Å². The van der Waals surface area contributed by atoms with Crippen LogP contribution in [0.2, 0.25) is 0 Å². The average Bonchev–Trinajstić information content (AvgIpc) is 2.22. The fourth-order valence-electron chi connectivity index (χ4n) is 1.19. The van der Waals surface area contributed by atoms with Crippen LogP contribution in [0.1, 0.15) is 11.1 Å². The lowest BCUT2D eigenvalue weighted by Gasteiger charge is -2.04. The van der Waals surface area contributed by atoms with E-state index in [1.165, 1.54) is 7.11 Å². The van der Waals surface area contributed by atoms with Gasteiger partial charge in [0.05, 0.1) is 7.11 Å². The van der Waals surface area contributed by atoms with Gasteiger partial charge in [0.1, 0.15) is 0 Å². The topological polar surface area (TPSA) is 43.4 Å². The standard InChI is InChI=1S/C11H11BrO3/c1-7-3-4-9(12)5-8(7)6-10(13)11(14)15-2/h3-5H,6H2,1-2H3. The van der Waals surface area contributed by atoms with E-state index in [0.29, 0.717) is 0 Å². The summed E-state index contributed by atoms with van der Waals surface area (Å²) < 4.78 is 5.24. The van der Waals surface area contributed by atoms with Gasteiger partial charge in [0.25, 0.3) is 0 Å². The molecular formula is C11H11BrO3. The van der Waals surface area contributed by atoms with Gasteiger partial charge in [-0.05, 0) is 30.2 Å². The van der Waals surface area contributed by atoms with Gasteiger partial charge in [0.15, 0.2) is 0 Å². The van der Waals surface area contributed by atoms with Crippen molar-refractivity contribution in [3.8, 4) is 0 Å². The third-order valence-electron chi connectivity index (χ3n) is 2.08. The molecule has 3 nitrogen and oxygen atoms in total. The maximum Gasteiger partial charge on any atom is 0.374 e. The van der Waals surface area contributed by atoms with Crippen molar-refractivity contribution >= 4 is 27.7 Å². The van der Waals surface area contributed by atoms with Gasteiger partial charge in [-0.15, -0.1) is 0 Å². The minimum absolute atomic E-state index is 0.0813. The Bertz CT molecular complexity index is 399. The lowest BCUT2D eigenvalue weighted by atomic mass is 10.0. The van der Waals surface area contributed by atoms with E-state index in [2.05, 4.69) is 20.7 Å². The zero-order chi connectivity index (χ0) is 11.4. The number of esters is 1. The largest absolute Gasteiger partial charge is 0.463 e. The highest BCUT2D eigenvalue weighted by atomic mass is 79.9. The van der Waals surface area contributed by atoms with Crippen molar-refractivity contribution in [2.75, 3.05) is 7.11 Å². The summed E-state index contributed by atoms with van der Waals surface area (Å²) in [5.74, 6) is -1.33. The van der Waals surface area contributed by atoms with E-state index in [1.54, 1.807) is 0 Å². The average molecular weight is 271 g/mol. The monoisotopic (exact) mass is 270 g/mol. The normalized spacial score (nSPS) is 9.80. The molecule has 0 amide bonds. The SMILES string of the molecule is COC(=O)C(=O)Cc1cc(Br)ccc1C. The van der Waals surface area contributed by atoms with E-state index < -0.39 is 11.8 Å². The molecule has 0 atom stereocenters. The molecule has 4 heteroatoms. The molecular weight excluding hydrogens is 260 g/mol. The van der Waals surface area contributed by atoms with Crippen LogP contribution in [-0.2, 0) is 20.7 Å². The molecule has 1 aromatic carbocycles. The first-order chi connectivity index (χ1) is 7.04. The molecule has 1 aromatic rings. The fourth-order valence-corrected chi connectivity index (χ4v) is 1.60. The van der Waals surface area contributed by atoms with Crippen LogP contribution >= 0.6 is 15.9 Å². The van der Waals surface area contributed by atoms with Crippen molar-refractivity contribution in [3.05, 3.63) is 33.8 Å². The summed E-state index contributed by atoms with van der Waals surface area (Å²) in [4.78, 5) is 22.2. The third kappa shape index (κ3) is 3.16. The Balaban J connectivity index is 2.85. The first kappa shape index (κ1) is 11.9. The summed E-state index contributed by atoms with van der Waals surface area (Å²) in [5, 5.41) is 0. The van der Waals surface area contributed by atoms with E-state index in [-0.39, 0.29) is 6.42 Å². The van der Waals surface area contributed by atoms with Crippen molar-refractivity contribution in [2.24, 2.45) is 0 Å². The number of rotatable bonds is 3. The van der Waals surface area contributed by atoms with Gasteiger partial charge in [-0.3, -0.25) is 4.79 Å². The number of Topliss-reactive ketones (excluding diaryl/α,β-unsaturated/α-hetero) is 1. The summed E-state index contributed by atoms with van der Waals surface area (Å²) in [6, 6.07) is 5.61. The molecule has 0 heterocycles. The molecule has 1 rings (SSSR count). The molecule has 0 aliphatic rings. The molecule has 0 fully saturated rings. The number of benzene rings is 1. The summed E-state index contributed by atoms with van der Waals surface area (Å²) >= 11 is 3.31. The Morgan fingerprint density at radius 1 is 1.40 bits per heavy atom. The number of methoxy groups -OCH3 is 1. The van der Waals surface area contributed by atoms with E-state index in [0.717, 1.165) is 15.6 Å². The second-order valence-electron chi connectivity index (χ2n) is 3.16. The molecule has 0 aliphatic heterocycles. The van der Waals surface area contributed by atoms with Crippen LogP contribution in [0.5, 0.6) is 0 Å². The number of carbonyl (C=O) groups excluding carboxylic acids is 2. The van der Waals surface area contributed by atoms with Gasteiger partial charge in [0, 0.05) is 10.9 Å². The van der Waals surface area contributed by atoms with Crippen LogP contribution in [0.4, 0.5) is 0 Å². The van der Waals surface area contributed by atoms with Crippen LogP contribution in [-0.4, -0.2) is 18.9 Å². The molecule has 0 aliphatic carbocycles. The van der Waals surface area contributed by atoms with Crippen molar-refractivity contribution in [2.45, 2.75) is 13.3 Å². The van der Waals surface area contributed by atoms with Crippen LogP contribution < -0.4 is 0 Å². The summed E-state index contributed by atoms with van der Waals surface area (Å²) in [6.07, 6.45) is 0.0813. The Kier molecular flexibility index (Phi) is 4.03. The predicted octanol–water partition coefficient (Wildman–Crippen LogP) is 2.04. The van der Waals surface area contributed by atoms with E-state index in [1.807, 2.05) is 25.1 Å². The van der Waals surface area contributed by atoms with Gasteiger partial charge in [-0.2, -0.15) is 0 Å². The van der Waals surface area contributed by atoms with Crippen molar-refractivity contribution in [3.63, 3.8) is 0 Å². The molecule has 0 saturated heterocycles. The summed E-state index contributed by atoms with van der Waals surface area (Å²) in [6.45, 7) is 1.90. The summed E-state index contributed by atoms with van der Waals surface area (Å²) in [5.41, 5.74) is 1.82. The number of aryl methyl sites for hydroxylation is 1. The summed E-state index contributed by atoms with van der Waals surface area (Å²) in [7, 11) is 1.20. The van der Waals surface area contributed by atoms with Crippen LogP contribution in [0.3, 0.4) is 0 Å². The van der Waals surface area contributed by atoms with Gasteiger partial charge in [-0.1, -0.05) is 22.0 Å². The van der Waals surface area contributed by atoms with Gasteiger partial charge in [-0.25, -0.2) is 4.79 Å². The molecule has 80 valence electrons. The minimum Gasteiger partial charge on any atom is -0.463 e. The van der Waals surface area contributed by atoms with E-state index in [9.17, 15) is 9.59 Å². The molecule has 0 unspecified atom stereocenters. The first-order valence-corrected chi connectivity index (χ1v) is 5.20. The first-order valence-electron chi connectivity index (χ1n) is 4.40. The Morgan fingerprint density at radius 2 is 2.07 bits per heavy atom. The third-order valence-corrected chi connectivity index (χ3v) is 2.57. The fraction of sp³-hybridized carbons (Fsp3) is 0.273. The van der Waals surface area contributed by atoms with Gasteiger partial charge >= 0.3 is 5.97 Å². The lowest BCUT2D eigenvalue weighted by molar-refractivity contribution is -0.151. The predicted molar refractivity (Wildman–Crippen MR) is 59.6 cm³/mol. The molecule has 0 radical (unpaired) electrons. The number of ketones is 1. The van der Waals surface area contributed by atoms with Gasteiger partial charge in [0.2, 0.25) is 5.78 Å². The van der Waals surface area contributed by atoms with E-state index >= 15 is 0 Å². The molecule has 0 aromatic heterocycles. The zero-order valence-electron chi connectivity index (χ0n) is 8.54. The second-order valence-corrected chi connectivity index (χ2v) is 4.08. The molecule has 15 heavy (non-hydrogen) atoms. The number of hydrogen-bond donors (Lipinski definition) is 0. The smallest absolute Gasteiger partial charge is 0.374 e. The molecule has 0 N–H and O–H groups in total. The van der Waals surface area contributed by atoms with Crippen molar-refractivity contribution in [1.82, 2.24) is 0 Å². The Hall–Kier alpha value is -1.16. The maximum absolute atomic E-state index is 11.3. The highest BCUT2D eigenvalue weighted by Gasteiger charge is 2.15. The van der Waals surface area contributed by atoms with Crippen LogP contribution in [0.25, 0.3) is 0 Å². The zero-order valence-corrected chi connectivity index (χ0v) is 10.1. The number of hydrogen-bond acceptors (Lipinski definition) is 3. The Morgan fingerprint density at radius 3 is 2.67 bits per heavy atom. The lowest BCUT2D eigenvalue weighted by Crippen LogP contribution is -2.18. The van der Waals surface area contributed by atoms with Crippen LogP contribution in [0, 0.1) is 6.92 Å². The van der Waals surface area contributed by atoms with Crippen molar-refractivity contribution in [1.29, 1.82) is 0 Å². The van der Waals surface area contributed by atoms with Crippen LogP contribution in [0.15, 0.2) is 22.7 Å². The molecule has 0 bridgehead atoms. The minimum atomic E-state index is -0.797. The van der Waals surface area contributed by atoms with E-state index in [4.69, 9.17) is 0 Å². The highest BCUT2D eigenvalue weighted by molar-refractivity contribution is 9.10. The maximum atomic E-state index is 11.3. The highest BCUT2D eigenvalue weighted by Crippen LogP contribution is 2.16.